The number of anilines is 1. The van der Waals surface area contributed by atoms with Crippen molar-refractivity contribution in [3.8, 4) is 0 Å². The lowest BCUT2D eigenvalue weighted by atomic mass is 10.2. The molecule has 1 amide bonds. The topological polar surface area (TPSA) is 97.4 Å². The summed E-state index contributed by atoms with van der Waals surface area (Å²) in [6.45, 7) is 3.41. The third kappa shape index (κ3) is 2.68. The Balaban J connectivity index is 1.91. The molecule has 1 aromatic carbocycles. The van der Waals surface area contributed by atoms with Gasteiger partial charge in [0.15, 0.2) is 5.82 Å². The zero-order chi connectivity index (χ0) is 17.4. The Morgan fingerprint density at radius 3 is 2.79 bits per heavy atom. The zero-order valence-corrected chi connectivity index (χ0v) is 13.8. The maximum atomic E-state index is 12.1. The van der Waals surface area contributed by atoms with Crippen LogP contribution >= 0.6 is 0 Å². The number of amides is 1. The van der Waals surface area contributed by atoms with E-state index in [4.69, 9.17) is 0 Å². The molecular formula is C15H18N6O3. The number of hydrogen-bond donors (Lipinski definition) is 0. The van der Waals surface area contributed by atoms with Crippen molar-refractivity contribution in [3.05, 3.63) is 45.5 Å². The molecule has 2 heterocycles. The summed E-state index contributed by atoms with van der Waals surface area (Å²) < 4.78 is 1.78. The fraction of sp³-hybridized carbons (Fsp3) is 0.400. The zero-order valence-electron chi connectivity index (χ0n) is 13.8. The van der Waals surface area contributed by atoms with Crippen molar-refractivity contribution in [2.75, 3.05) is 25.5 Å². The lowest BCUT2D eigenvalue weighted by molar-refractivity contribution is -0.384. The quantitative estimate of drug-likeness (QED) is 0.617. The van der Waals surface area contributed by atoms with E-state index in [9.17, 15) is 14.9 Å². The third-order valence-corrected chi connectivity index (χ3v) is 4.14. The van der Waals surface area contributed by atoms with Gasteiger partial charge in [0.2, 0.25) is 5.82 Å². The molecule has 1 aliphatic heterocycles. The summed E-state index contributed by atoms with van der Waals surface area (Å²) in [6, 6.07) is 4.98. The average molecular weight is 330 g/mol. The van der Waals surface area contributed by atoms with Gasteiger partial charge < -0.3 is 14.4 Å². The van der Waals surface area contributed by atoms with Gasteiger partial charge in [0, 0.05) is 33.3 Å². The summed E-state index contributed by atoms with van der Waals surface area (Å²) >= 11 is 0. The molecule has 0 N–H and O–H groups in total. The van der Waals surface area contributed by atoms with Gasteiger partial charge in [0.1, 0.15) is 5.69 Å². The number of nitro groups is 1. The van der Waals surface area contributed by atoms with Crippen molar-refractivity contribution >= 4 is 17.3 Å². The number of fused-ring (bicyclic) bond motifs is 1. The van der Waals surface area contributed by atoms with Gasteiger partial charge in [-0.1, -0.05) is 6.07 Å². The van der Waals surface area contributed by atoms with Crippen LogP contribution in [0, 0.1) is 17.0 Å². The number of carbonyl (C=O) groups excluding carboxylic acids is 1. The van der Waals surface area contributed by atoms with Crippen molar-refractivity contribution in [1.82, 2.24) is 19.7 Å². The Kier molecular flexibility index (Phi) is 3.92. The molecule has 0 saturated heterocycles. The van der Waals surface area contributed by atoms with Gasteiger partial charge in [-0.2, -0.15) is 0 Å². The minimum absolute atomic E-state index is 0.0392. The van der Waals surface area contributed by atoms with Gasteiger partial charge in [0.25, 0.3) is 11.6 Å². The number of aryl methyl sites for hydroxylation is 1. The molecule has 3 rings (SSSR count). The molecule has 1 aliphatic rings. The molecule has 0 saturated carbocycles. The van der Waals surface area contributed by atoms with E-state index < -0.39 is 4.92 Å². The van der Waals surface area contributed by atoms with Gasteiger partial charge in [-0.3, -0.25) is 14.9 Å². The van der Waals surface area contributed by atoms with E-state index in [0.29, 0.717) is 37.0 Å². The maximum Gasteiger partial charge on any atom is 0.292 e. The fourth-order valence-corrected chi connectivity index (χ4v) is 2.76. The first kappa shape index (κ1) is 15.9. The summed E-state index contributed by atoms with van der Waals surface area (Å²) in [7, 11) is 3.49. The average Bonchev–Trinajstić information content (AvgIpc) is 2.94. The number of benzene rings is 1. The number of nitrogens with zero attached hydrogens (tertiary/aromatic N) is 6. The number of carbonyl (C=O) groups is 1. The molecule has 126 valence electrons. The van der Waals surface area contributed by atoms with E-state index in [1.54, 1.807) is 40.6 Å². The number of aromatic nitrogens is 3. The van der Waals surface area contributed by atoms with Crippen LogP contribution < -0.4 is 4.90 Å². The molecule has 0 fully saturated rings. The van der Waals surface area contributed by atoms with Crippen LogP contribution in [-0.2, 0) is 13.1 Å². The molecule has 2 aromatic rings. The standard InChI is InChI=1S/C15H18N6O3/c1-10-4-5-11(21(23)24)12(8-10)19(3)9-13-16-17-14-15(22)18(2)6-7-20(13)14/h4-5,8H,6-7,9H2,1-3H3. The van der Waals surface area contributed by atoms with Crippen molar-refractivity contribution in [1.29, 1.82) is 0 Å². The summed E-state index contributed by atoms with van der Waals surface area (Å²) in [5.74, 6) is 0.764. The SMILES string of the molecule is Cc1ccc([N+](=O)[O-])c(N(C)Cc2nnc3n2CCN(C)C3=O)c1. The highest BCUT2D eigenvalue weighted by Gasteiger charge is 2.27. The second-order valence-electron chi connectivity index (χ2n) is 5.92. The molecule has 0 aliphatic carbocycles. The molecule has 9 heteroatoms. The van der Waals surface area contributed by atoms with Crippen molar-refractivity contribution in [2.24, 2.45) is 0 Å². The second-order valence-corrected chi connectivity index (χ2v) is 5.92. The molecule has 0 radical (unpaired) electrons. The molecule has 0 unspecified atom stereocenters. The normalized spacial score (nSPS) is 13.8. The van der Waals surface area contributed by atoms with Gasteiger partial charge >= 0.3 is 0 Å². The maximum absolute atomic E-state index is 12.1. The Morgan fingerprint density at radius 1 is 1.33 bits per heavy atom. The van der Waals surface area contributed by atoms with Crippen LogP contribution in [-0.4, -0.2) is 51.1 Å². The van der Waals surface area contributed by atoms with E-state index in [1.165, 1.54) is 6.07 Å². The van der Waals surface area contributed by atoms with Gasteiger partial charge in [0.05, 0.1) is 11.5 Å². The van der Waals surface area contributed by atoms with Crippen LogP contribution in [0.25, 0.3) is 0 Å². The Labute approximate surface area is 138 Å². The Morgan fingerprint density at radius 2 is 2.08 bits per heavy atom. The van der Waals surface area contributed by atoms with Crippen LogP contribution in [0.5, 0.6) is 0 Å². The largest absolute Gasteiger partial charge is 0.361 e. The molecular weight excluding hydrogens is 312 g/mol. The predicted molar refractivity (Wildman–Crippen MR) is 86.9 cm³/mol. The van der Waals surface area contributed by atoms with E-state index in [2.05, 4.69) is 10.2 Å². The minimum atomic E-state index is -0.400. The Hall–Kier alpha value is -2.97. The second kappa shape index (κ2) is 5.91. The Bertz CT molecular complexity index is 816. The lowest BCUT2D eigenvalue weighted by Crippen LogP contribution is -2.38. The molecule has 0 spiro atoms. The van der Waals surface area contributed by atoms with E-state index in [-0.39, 0.29) is 11.6 Å². The number of likely N-dealkylation sites (N-methyl/N-ethyl adjacent to an activating group) is 1. The highest BCUT2D eigenvalue weighted by atomic mass is 16.6. The van der Waals surface area contributed by atoms with E-state index >= 15 is 0 Å². The molecule has 1 aromatic heterocycles. The van der Waals surface area contributed by atoms with Crippen LogP contribution in [0.2, 0.25) is 0 Å². The first-order chi connectivity index (χ1) is 11.4. The molecule has 0 bridgehead atoms. The fourth-order valence-electron chi connectivity index (χ4n) is 2.76. The monoisotopic (exact) mass is 330 g/mol. The predicted octanol–water partition coefficient (Wildman–Crippen LogP) is 1.22. The van der Waals surface area contributed by atoms with Crippen LogP contribution in [0.4, 0.5) is 11.4 Å². The van der Waals surface area contributed by atoms with E-state index in [0.717, 1.165) is 5.56 Å². The van der Waals surface area contributed by atoms with Crippen molar-refractivity contribution in [2.45, 2.75) is 20.0 Å². The van der Waals surface area contributed by atoms with E-state index in [1.807, 2.05) is 6.92 Å². The summed E-state index contributed by atoms with van der Waals surface area (Å²) in [5.41, 5.74) is 1.48. The van der Waals surface area contributed by atoms with Crippen LogP contribution in [0.1, 0.15) is 22.0 Å². The van der Waals surface area contributed by atoms with Gasteiger partial charge in [-0.05, 0) is 18.6 Å². The minimum Gasteiger partial charge on any atom is -0.361 e. The first-order valence-electron chi connectivity index (χ1n) is 7.52. The summed E-state index contributed by atoms with van der Waals surface area (Å²) in [5, 5.41) is 19.3. The van der Waals surface area contributed by atoms with Crippen LogP contribution in [0.15, 0.2) is 18.2 Å². The third-order valence-electron chi connectivity index (χ3n) is 4.14. The number of rotatable bonds is 4. The van der Waals surface area contributed by atoms with Crippen molar-refractivity contribution in [3.63, 3.8) is 0 Å². The van der Waals surface area contributed by atoms with Gasteiger partial charge in [-0.25, -0.2) is 0 Å². The summed E-state index contributed by atoms with van der Waals surface area (Å²) in [4.78, 5) is 26.3. The smallest absolute Gasteiger partial charge is 0.292 e. The highest BCUT2D eigenvalue weighted by molar-refractivity contribution is 5.91. The van der Waals surface area contributed by atoms with Crippen molar-refractivity contribution < 1.29 is 9.72 Å². The summed E-state index contributed by atoms with van der Waals surface area (Å²) in [6.07, 6.45) is 0. The number of hydrogen-bond acceptors (Lipinski definition) is 6. The lowest BCUT2D eigenvalue weighted by Gasteiger charge is -2.25. The number of nitro benzene ring substituents is 1. The molecule has 9 nitrogen and oxygen atoms in total. The highest BCUT2D eigenvalue weighted by Crippen LogP contribution is 2.29. The molecule has 0 atom stereocenters. The first-order valence-corrected chi connectivity index (χ1v) is 7.52. The van der Waals surface area contributed by atoms with Crippen LogP contribution in [0.3, 0.4) is 0 Å². The van der Waals surface area contributed by atoms with Gasteiger partial charge in [-0.15, -0.1) is 10.2 Å². The molecule has 24 heavy (non-hydrogen) atoms.